The number of ether oxygens (including phenoxy) is 2. The highest BCUT2D eigenvalue weighted by molar-refractivity contribution is 7.89. The zero-order chi connectivity index (χ0) is 18.8. The third kappa shape index (κ3) is 4.19. The van der Waals surface area contributed by atoms with Crippen LogP contribution in [0.2, 0.25) is 0 Å². The van der Waals surface area contributed by atoms with Crippen molar-refractivity contribution in [3.8, 4) is 11.5 Å². The van der Waals surface area contributed by atoms with Crippen molar-refractivity contribution in [2.24, 2.45) is 5.41 Å². The smallest absolute Gasteiger partial charge is 0.241 e. The van der Waals surface area contributed by atoms with E-state index in [0.29, 0.717) is 24.7 Å². The van der Waals surface area contributed by atoms with E-state index < -0.39 is 10.0 Å². The first-order chi connectivity index (χ1) is 12.3. The van der Waals surface area contributed by atoms with Crippen molar-refractivity contribution in [1.29, 1.82) is 0 Å². The molecule has 0 unspecified atom stereocenters. The predicted octanol–water partition coefficient (Wildman–Crippen LogP) is 3.91. The number of fused-ring (bicyclic) bond motifs is 1. The fourth-order valence-corrected chi connectivity index (χ4v) is 4.37. The van der Waals surface area contributed by atoms with Crippen LogP contribution >= 0.6 is 0 Å². The van der Waals surface area contributed by atoms with Gasteiger partial charge in [0.15, 0.2) is 11.5 Å². The quantitative estimate of drug-likeness (QED) is 0.880. The molecular formula is C20H25NO4S. The van der Waals surface area contributed by atoms with Crippen LogP contribution in [0.4, 0.5) is 0 Å². The summed E-state index contributed by atoms with van der Waals surface area (Å²) in [5.74, 6) is 1.05. The van der Waals surface area contributed by atoms with Gasteiger partial charge in [-0.2, -0.15) is 0 Å². The van der Waals surface area contributed by atoms with E-state index >= 15 is 0 Å². The third-order valence-corrected chi connectivity index (χ3v) is 5.72. The molecule has 3 rings (SSSR count). The molecule has 140 valence electrons. The van der Waals surface area contributed by atoms with E-state index in [1.807, 2.05) is 51.1 Å². The second-order valence-corrected chi connectivity index (χ2v) is 9.20. The molecule has 26 heavy (non-hydrogen) atoms. The molecule has 5 nitrogen and oxygen atoms in total. The molecule has 0 saturated carbocycles. The van der Waals surface area contributed by atoms with Gasteiger partial charge in [0.2, 0.25) is 10.0 Å². The van der Waals surface area contributed by atoms with E-state index in [1.54, 1.807) is 12.1 Å². The molecule has 0 radical (unpaired) electrons. The number of benzene rings is 2. The van der Waals surface area contributed by atoms with E-state index in [2.05, 4.69) is 4.72 Å². The first-order valence-electron chi connectivity index (χ1n) is 8.74. The van der Waals surface area contributed by atoms with E-state index in [9.17, 15) is 8.42 Å². The van der Waals surface area contributed by atoms with Crippen molar-refractivity contribution in [1.82, 2.24) is 4.72 Å². The number of nitrogens with one attached hydrogen (secondary N) is 1. The van der Waals surface area contributed by atoms with Crippen molar-refractivity contribution in [3.05, 3.63) is 54.1 Å². The molecule has 1 atom stereocenters. The van der Waals surface area contributed by atoms with Crippen LogP contribution in [0.15, 0.2) is 53.4 Å². The molecule has 0 bridgehead atoms. The lowest BCUT2D eigenvalue weighted by Gasteiger charge is -2.31. The number of hydrogen-bond acceptors (Lipinski definition) is 4. The van der Waals surface area contributed by atoms with Crippen LogP contribution in [-0.2, 0) is 10.0 Å². The Kier molecular flexibility index (Phi) is 5.25. The van der Waals surface area contributed by atoms with E-state index in [0.717, 1.165) is 12.0 Å². The van der Waals surface area contributed by atoms with Crippen molar-refractivity contribution in [3.63, 3.8) is 0 Å². The largest absolute Gasteiger partial charge is 0.490 e. The lowest BCUT2D eigenvalue weighted by Crippen LogP contribution is -2.36. The SMILES string of the molecule is CC(C)(C)[C@H](NS(=O)(=O)c1ccc2c(c1)OCCCO2)c1ccccc1. The van der Waals surface area contributed by atoms with Crippen molar-refractivity contribution in [2.75, 3.05) is 13.2 Å². The molecule has 1 aliphatic rings. The first kappa shape index (κ1) is 18.7. The molecule has 0 fully saturated rings. The summed E-state index contributed by atoms with van der Waals surface area (Å²) < 4.78 is 40.1. The van der Waals surface area contributed by atoms with Gasteiger partial charge in [-0.25, -0.2) is 13.1 Å². The molecule has 2 aromatic rings. The number of rotatable bonds is 4. The monoisotopic (exact) mass is 375 g/mol. The van der Waals surface area contributed by atoms with Crippen LogP contribution in [0.1, 0.15) is 38.8 Å². The highest BCUT2D eigenvalue weighted by Crippen LogP contribution is 2.36. The van der Waals surface area contributed by atoms with Crippen LogP contribution in [0.25, 0.3) is 0 Å². The van der Waals surface area contributed by atoms with E-state index in [4.69, 9.17) is 9.47 Å². The first-order valence-corrected chi connectivity index (χ1v) is 10.2. The van der Waals surface area contributed by atoms with Gasteiger partial charge < -0.3 is 9.47 Å². The van der Waals surface area contributed by atoms with Gasteiger partial charge in [-0.05, 0) is 23.1 Å². The standard InChI is InChI=1S/C20H25NO4S/c1-20(2,3)19(15-8-5-4-6-9-15)21-26(22,23)16-10-11-17-18(14-16)25-13-7-12-24-17/h4-6,8-11,14,19,21H,7,12-13H2,1-3H3/t19-/m1/s1. The predicted molar refractivity (Wildman–Crippen MR) is 101 cm³/mol. The number of hydrogen-bond donors (Lipinski definition) is 1. The molecule has 0 amide bonds. The van der Waals surface area contributed by atoms with Crippen molar-refractivity contribution < 1.29 is 17.9 Å². The zero-order valence-electron chi connectivity index (χ0n) is 15.4. The Balaban J connectivity index is 1.93. The average molecular weight is 375 g/mol. The second kappa shape index (κ2) is 7.29. The third-order valence-electron chi connectivity index (χ3n) is 4.30. The molecule has 1 aliphatic heterocycles. The van der Waals surface area contributed by atoms with Gasteiger partial charge >= 0.3 is 0 Å². The van der Waals surface area contributed by atoms with Crippen LogP contribution < -0.4 is 14.2 Å². The molecule has 0 saturated heterocycles. The van der Waals surface area contributed by atoms with Gasteiger partial charge in [-0.1, -0.05) is 51.1 Å². The highest BCUT2D eigenvalue weighted by Gasteiger charge is 2.31. The Bertz CT molecular complexity index is 857. The topological polar surface area (TPSA) is 64.6 Å². The fraction of sp³-hybridized carbons (Fsp3) is 0.400. The normalized spacial score (nSPS) is 16.0. The molecular weight excluding hydrogens is 350 g/mol. The Morgan fingerprint density at radius 1 is 0.962 bits per heavy atom. The summed E-state index contributed by atoms with van der Waals surface area (Å²) in [6.45, 7) is 7.12. The van der Waals surface area contributed by atoms with Gasteiger partial charge in [-0.3, -0.25) is 0 Å². The highest BCUT2D eigenvalue weighted by atomic mass is 32.2. The summed E-state index contributed by atoms with van der Waals surface area (Å²) in [5, 5.41) is 0. The summed E-state index contributed by atoms with van der Waals surface area (Å²) in [4.78, 5) is 0.173. The zero-order valence-corrected chi connectivity index (χ0v) is 16.2. The van der Waals surface area contributed by atoms with Gasteiger partial charge in [0.25, 0.3) is 0 Å². The second-order valence-electron chi connectivity index (χ2n) is 7.49. The maximum atomic E-state index is 13.0. The Morgan fingerprint density at radius 3 is 2.27 bits per heavy atom. The van der Waals surface area contributed by atoms with Gasteiger partial charge in [-0.15, -0.1) is 0 Å². The molecule has 1 heterocycles. The molecule has 0 spiro atoms. The summed E-state index contributed by atoms with van der Waals surface area (Å²) in [5.41, 5.74) is 0.637. The lowest BCUT2D eigenvalue weighted by molar-refractivity contribution is 0.296. The van der Waals surface area contributed by atoms with Crippen LogP contribution in [-0.4, -0.2) is 21.6 Å². The molecule has 1 N–H and O–H groups in total. The van der Waals surface area contributed by atoms with E-state index in [1.165, 1.54) is 6.07 Å². The van der Waals surface area contributed by atoms with Gasteiger partial charge in [0.1, 0.15) is 0 Å². The van der Waals surface area contributed by atoms with Gasteiger partial charge in [0, 0.05) is 12.5 Å². The minimum absolute atomic E-state index is 0.173. The van der Waals surface area contributed by atoms with Crippen LogP contribution in [0, 0.1) is 5.41 Å². The summed E-state index contributed by atoms with van der Waals surface area (Å²) >= 11 is 0. The maximum absolute atomic E-state index is 13.0. The molecule has 6 heteroatoms. The maximum Gasteiger partial charge on any atom is 0.241 e. The molecule has 2 aromatic carbocycles. The molecule has 0 aromatic heterocycles. The lowest BCUT2D eigenvalue weighted by atomic mass is 9.83. The van der Waals surface area contributed by atoms with E-state index in [-0.39, 0.29) is 16.4 Å². The Hall–Kier alpha value is -2.05. The summed E-state index contributed by atoms with van der Waals surface area (Å²) in [6, 6.07) is 14.0. The van der Waals surface area contributed by atoms with Gasteiger partial charge in [0.05, 0.1) is 24.2 Å². The Labute approximate surface area is 155 Å². The Morgan fingerprint density at radius 2 is 1.62 bits per heavy atom. The minimum atomic E-state index is -3.72. The molecule has 0 aliphatic carbocycles. The minimum Gasteiger partial charge on any atom is -0.490 e. The fourth-order valence-electron chi connectivity index (χ4n) is 2.92. The van der Waals surface area contributed by atoms with Crippen LogP contribution in [0.3, 0.4) is 0 Å². The summed E-state index contributed by atoms with van der Waals surface area (Å²) in [7, 11) is -3.72. The average Bonchev–Trinajstić information content (AvgIpc) is 2.84. The summed E-state index contributed by atoms with van der Waals surface area (Å²) in [6.07, 6.45) is 0.773. The van der Waals surface area contributed by atoms with Crippen molar-refractivity contribution in [2.45, 2.75) is 38.1 Å². The van der Waals surface area contributed by atoms with Crippen molar-refractivity contribution >= 4 is 10.0 Å². The number of sulfonamides is 1. The van der Waals surface area contributed by atoms with Crippen LogP contribution in [0.5, 0.6) is 11.5 Å².